The molecule has 3 aromatic rings. The van der Waals surface area contributed by atoms with E-state index < -0.39 is 21.9 Å². The van der Waals surface area contributed by atoms with Crippen LogP contribution in [0.2, 0.25) is 0 Å². The minimum Gasteiger partial charge on any atom is -0.504 e. The molecule has 0 fully saturated rings. The number of hydrogen-bond donors (Lipinski definition) is 3. The van der Waals surface area contributed by atoms with E-state index in [1.807, 2.05) is 6.07 Å². The van der Waals surface area contributed by atoms with Crippen molar-refractivity contribution in [3.63, 3.8) is 0 Å². The maximum atomic E-state index is 12.2. The second kappa shape index (κ2) is 8.53. The molecule has 0 atom stereocenters. The van der Waals surface area contributed by atoms with Crippen LogP contribution < -0.4 is 15.7 Å². The van der Waals surface area contributed by atoms with Gasteiger partial charge in [-0.1, -0.05) is 30.3 Å². The van der Waals surface area contributed by atoms with Crippen LogP contribution in [-0.2, 0) is 0 Å². The first-order chi connectivity index (χ1) is 14.4. The third-order valence-corrected chi connectivity index (χ3v) is 3.94. The van der Waals surface area contributed by atoms with E-state index >= 15 is 0 Å². The lowest BCUT2D eigenvalue weighted by molar-refractivity contribution is -0.385. The molecule has 0 spiro atoms. The number of hydrazone groups is 1. The van der Waals surface area contributed by atoms with E-state index in [4.69, 9.17) is 4.74 Å². The quantitative estimate of drug-likeness (QED) is 0.319. The zero-order valence-corrected chi connectivity index (χ0v) is 15.5. The van der Waals surface area contributed by atoms with Crippen LogP contribution in [0.25, 0.3) is 11.3 Å². The first-order valence-electron chi connectivity index (χ1n) is 8.39. The second-order valence-corrected chi connectivity index (χ2v) is 5.84. The number of aromatic nitrogens is 2. The predicted octanol–water partition coefficient (Wildman–Crippen LogP) is 2.38. The van der Waals surface area contributed by atoms with Gasteiger partial charge in [-0.25, -0.2) is 10.4 Å². The van der Waals surface area contributed by atoms with E-state index in [0.717, 1.165) is 6.07 Å². The highest BCUT2D eigenvalue weighted by Gasteiger charge is 2.20. The monoisotopic (exact) mass is 406 g/mol. The summed E-state index contributed by atoms with van der Waals surface area (Å²) in [5.74, 6) is -0.735. The summed E-state index contributed by atoms with van der Waals surface area (Å²) in [6.45, 7) is 0. The number of methoxy groups -OCH3 is 1. The molecular weight excluding hydrogens is 392 g/mol. The number of rotatable bonds is 6. The minimum atomic E-state index is -0.699. The molecule has 150 valence electrons. The minimum absolute atomic E-state index is 0.0404. The predicted molar refractivity (Wildman–Crippen MR) is 108 cm³/mol. The molecule has 1 heterocycles. The molecule has 11 nitrogen and oxygen atoms in total. The Morgan fingerprint density at radius 1 is 1.37 bits per heavy atom. The summed E-state index contributed by atoms with van der Waals surface area (Å²) in [5, 5.41) is 34.2. The van der Waals surface area contributed by atoms with Gasteiger partial charge in [-0.2, -0.15) is 10.4 Å². The van der Waals surface area contributed by atoms with Crippen LogP contribution in [0, 0.1) is 21.4 Å². The van der Waals surface area contributed by atoms with Crippen LogP contribution in [0.4, 0.5) is 11.6 Å². The summed E-state index contributed by atoms with van der Waals surface area (Å²) in [7, 11) is 1.20. The third kappa shape index (κ3) is 4.07. The number of phenols is 1. The van der Waals surface area contributed by atoms with Crippen molar-refractivity contribution in [2.45, 2.75) is 0 Å². The number of nitro benzene ring substituents is 1. The topological polar surface area (TPSA) is 167 Å². The van der Waals surface area contributed by atoms with Gasteiger partial charge >= 0.3 is 5.69 Å². The molecule has 0 saturated carbocycles. The van der Waals surface area contributed by atoms with Gasteiger partial charge in [-0.05, 0) is 6.07 Å². The number of nitrogens with one attached hydrogen (secondary N) is 2. The molecule has 0 bridgehead atoms. The van der Waals surface area contributed by atoms with Crippen molar-refractivity contribution in [1.82, 2.24) is 9.97 Å². The average molecular weight is 406 g/mol. The second-order valence-electron chi connectivity index (χ2n) is 5.84. The summed E-state index contributed by atoms with van der Waals surface area (Å²) in [4.78, 5) is 29.2. The summed E-state index contributed by atoms with van der Waals surface area (Å²) in [6.07, 6.45) is 1.19. The molecule has 0 aliphatic heterocycles. The van der Waals surface area contributed by atoms with E-state index in [1.165, 1.54) is 19.4 Å². The maximum Gasteiger partial charge on any atom is 0.315 e. The molecule has 0 radical (unpaired) electrons. The number of H-pyrrole nitrogens is 1. The van der Waals surface area contributed by atoms with Crippen molar-refractivity contribution in [3.05, 3.63) is 74.1 Å². The lowest BCUT2D eigenvalue weighted by Crippen LogP contribution is -2.16. The van der Waals surface area contributed by atoms with Crippen molar-refractivity contribution in [2.75, 3.05) is 12.5 Å². The molecule has 0 aliphatic carbocycles. The molecule has 1 aromatic heterocycles. The number of phenolic OH excluding ortho intramolecular Hbond substituents is 1. The number of nitro groups is 1. The van der Waals surface area contributed by atoms with Gasteiger partial charge in [-0.3, -0.25) is 19.9 Å². The van der Waals surface area contributed by atoms with Gasteiger partial charge in [0.15, 0.2) is 5.75 Å². The number of benzene rings is 2. The van der Waals surface area contributed by atoms with Gasteiger partial charge < -0.3 is 9.84 Å². The van der Waals surface area contributed by atoms with Gasteiger partial charge in [0.1, 0.15) is 11.6 Å². The fourth-order valence-electron chi connectivity index (χ4n) is 2.64. The Bertz CT molecular complexity index is 1230. The Morgan fingerprint density at radius 3 is 2.73 bits per heavy atom. The van der Waals surface area contributed by atoms with Crippen LogP contribution >= 0.6 is 0 Å². The highest BCUT2D eigenvalue weighted by molar-refractivity contribution is 5.83. The van der Waals surface area contributed by atoms with E-state index in [0.29, 0.717) is 5.56 Å². The molecule has 3 N–H and O–H groups in total. The number of anilines is 1. The van der Waals surface area contributed by atoms with E-state index in [1.54, 1.807) is 30.3 Å². The Morgan fingerprint density at radius 2 is 2.10 bits per heavy atom. The zero-order valence-electron chi connectivity index (χ0n) is 15.5. The van der Waals surface area contributed by atoms with Gasteiger partial charge in [0, 0.05) is 17.2 Å². The normalized spacial score (nSPS) is 10.5. The van der Waals surface area contributed by atoms with Crippen LogP contribution in [0.15, 0.2) is 52.4 Å². The molecule has 3 rings (SSSR count). The number of aromatic hydroxyl groups is 1. The number of nitriles is 1. The molecule has 30 heavy (non-hydrogen) atoms. The van der Waals surface area contributed by atoms with Crippen molar-refractivity contribution < 1.29 is 14.8 Å². The highest BCUT2D eigenvalue weighted by atomic mass is 16.6. The summed E-state index contributed by atoms with van der Waals surface area (Å²) < 4.78 is 4.83. The molecular formula is C19H14N6O5. The van der Waals surface area contributed by atoms with Crippen molar-refractivity contribution in [1.29, 1.82) is 5.26 Å². The van der Waals surface area contributed by atoms with Crippen LogP contribution in [0.3, 0.4) is 0 Å². The summed E-state index contributed by atoms with van der Waals surface area (Å²) in [5.41, 5.74) is 2.22. The fraction of sp³-hybridized carbons (Fsp3) is 0.0526. The summed E-state index contributed by atoms with van der Waals surface area (Å²) in [6, 6.07) is 12.9. The number of hydrogen-bond acceptors (Lipinski definition) is 9. The maximum absolute atomic E-state index is 12.2. The molecule has 0 saturated heterocycles. The number of aromatic amines is 1. The first-order valence-corrected chi connectivity index (χ1v) is 8.39. The van der Waals surface area contributed by atoms with Gasteiger partial charge in [0.05, 0.1) is 23.9 Å². The van der Waals surface area contributed by atoms with E-state index in [2.05, 4.69) is 20.5 Å². The Hall–Kier alpha value is -4.72. The number of ether oxygens (including phenoxy) is 1. The highest BCUT2D eigenvalue weighted by Crippen LogP contribution is 2.36. The lowest BCUT2D eigenvalue weighted by atomic mass is 10.1. The molecule has 11 heteroatoms. The Balaban J connectivity index is 1.92. The van der Waals surface area contributed by atoms with Crippen molar-refractivity contribution >= 4 is 17.9 Å². The third-order valence-electron chi connectivity index (χ3n) is 3.94. The van der Waals surface area contributed by atoms with E-state index in [-0.39, 0.29) is 28.5 Å². The van der Waals surface area contributed by atoms with Crippen LogP contribution in [0.1, 0.15) is 11.1 Å². The van der Waals surface area contributed by atoms with E-state index in [9.17, 15) is 25.3 Å². The SMILES string of the molecule is COc1c(O)cc(C=NNc2nc(-c3ccccc3)c(C#N)c(=O)[nH]2)cc1[N+](=O)[O-]. The largest absolute Gasteiger partial charge is 0.504 e. The van der Waals surface area contributed by atoms with Gasteiger partial charge in [-0.15, -0.1) is 0 Å². The van der Waals surface area contributed by atoms with Gasteiger partial charge in [0.25, 0.3) is 5.56 Å². The number of nitrogens with zero attached hydrogens (tertiary/aromatic N) is 4. The van der Waals surface area contributed by atoms with Crippen molar-refractivity contribution in [2.24, 2.45) is 5.10 Å². The van der Waals surface area contributed by atoms with Crippen molar-refractivity contribution in [3.8, 4) is 28.8 Å². The van der Waals surface area contributed by atoms with Crippen LogP contribution in [0.5, 0.6) is 11.5 Å². The molecule has 0 amide bonds. The Labute approximate surface area is 169 Å². The fourth-order valence-corrected chi connectivity index (χ4v) is 2.64. The first kappa shape index (κ1) is 20.0. The average Bonchev–Trinajstić information content (AvgIpc) is 2.73. The molecule has 2 aromatic carbocycles. The molecule has 0 aliphatic rings. The lowest BCUT2D eigenvalue weighted by Gasteiger charge is -2.06. The van der Waals surface area contributed by atoms with Crippen LogP contribution in [-0.4, -0.2) is 33.3 Å². The van der Waals surface area contributed by atoms with Gasteiger partial charge in [0.2, 0.25) is 11.7 Å². The zero-order chi connectivity index (χ0) is 21.7. The Kier molecular flexibility index (Phi) is 5.69. The summed E-state index contributed by atoms with van der Waals surface area (Å²) >= 11 is 0. The molecule has 0 unspecified atom stereocenters. The smallest absolute Gasteiger partial charge is 0.315 e. The standard InChI is InChI=1S/C19H14N6O5/c1-30-17-14(25(28)29)7-11(8-15(17)26)10-21-24-19-22-16(12-5-3-2-4-6-12)13(9-20)18(27)23-19/h2-8,10,26H,1H3,(H2,22,23,24,27).